The molecule has 0 aromatic heterocycles. The molecule has 0 radical (unpaired) electrons. The maximum absolute atomic E-state index is 12.6. The molecule has 2 N–H and O–H groups in total. The van der Waals surface area contributed by atoms with E-state index < -0.39 is 15.5 Å². The highest BCUT2D eigenvalue weighted by molar-refractivity contribution is 7.90. The summed E-state index contributed by atoms with van der Waals surface area (Å²) in [5.74, 6) is 1.67. The Morgan fingerprint density at radius 2 is 1.71 bits per heavy atom. The second kappa shape index (κ2) is 10.7. The largest absolute Gasteiger partial charge is 0.511 e. The van der Waals surface area contributed by atoms with Gasteiger partial charge in [0.15, 0.2) is 5.96 Å². The first kappa shape index (κ1) is 23.3. The Hall–Kier alpha value is -1.03. The fourth-order valence-corrected chi connectivity index (χ4v) is 4.92. The number of piperidine rings is 1. The van der Waals surface area contributed by atoms with Crippen LogP contribution in [0.4, 0.5) is 13.2 Å². The van der Waals surface area contributed by atoms with Crippen LogP contribution in [0.25, 0.3) is 0 Å². The lowest BCUT2D eigenvalue weighted by Crippen LogP contribution is -2.45. The third kappa shape index (κ3) is 6.79. The highest BCUT2D eigenvalue weighted by atomic mass is 32.2. The standard InChI is InChI=1S/C18H33F3N4O2S/c1-2-22-17(23-11-5-8-15-6-3-4-7-15)24-14-16-9-12-25(13-10-16)28(26,27)18(19,20)21/h15-16H,2-14H2,1H3,(H2,22,23,24). The number of aliphatic imine (C=N–C) groups is 1. The van der Waals surface area contributed by atoms with Crippen LogP contribution >= 0.6 is 0 Å². The molecule has 1 aliphatic carbocycles. The monoisotopic (exact) mass is 426 g/mol. The molecule has 2 fully saturated rings. The molecule has 0 amide bonds. The Morgan fingerprint density at radius 1 is 1.07 bits per heavy atom. The SMILES string of the molecule is CCNC(=NCC1CCN(S(=O)(=O)C(F)(F)F)CC1)NCCCC1CCCC1. The molecule has 2 aliphatic rings. The third-order valence-corrected chi connectivity index (χ3v) is 7.24. The quantitative estimate of drug-likeness (QED) is 0.355. The van der Waals surface area contributed by atoms with E-state index >= 15 is 0 Å². The minimum Gasteiger partial charge on any atom is -0.357 e. The summed E-state index contributed by atoms with van der Waals surface area (Å²) in [6, 6.07) is 0. The smallest absolute Gasteiger partial charge is 0.357 e. The van der Waals surface area contributed by atoms with Crippen molar-refractivity contribution in [3.05, 3.63) is 0 Å². The van der Waals surface area contributed by atoms with Crippen LogP contribution in [0, 0.1) is 11.8 Å². The van der Waals surface area contributed by atoms with Crippen LogP contribution in [-0.2, 0) is 10.0 Å². The second-order valence-corrected chi connectivity index (χ2v) is 9.66. The summed E-state index contributed by atoms with van der Waals surface area (Å²) in [7, 11) is -5.21. The van der Waals surface area contributed by atoms with E-state index in [1.807, 2.05) is 6.92 Å². The van der Waals surface area contributed by atoms with Gasteiger partial charge >= 0.3 is 15.5 Å². The number of rotatable bonds is 8. The number of hydrogen-bond acceptors (Lipinski definition) is 3. The summed E-state index contributed by atoms with van der Waals surface area (Å²) in [4.78, 5) is 4.55. The lowest BCUT2D eigenvalue weighted by Gasteiger charge is -2.30. The van der Waals surface area contributed by atoms with Gasteiger partial charge in [-0.3, -0.25) is 4.99 Å². The molecule has 0 atom stereocenters. The van der Waals surface area contributed by atoms with E-state index in [2.05, 4.69) is 15.6 Å². The molecule has 0 bridgehead atoms. The molecular formula is C18H33F3N4O2S. The van der Waals surface area contributed by atoms with Crippen LogP contribution in [0.3, 0.4) is 0 Å². The van der Waals surface area contributed by atoms with E-state index in [0.717, 1.165) is 31.4 Å². The molecule has 0 unspecified atom stereocenters. The van der Waals surface area contributed by atoms with Gasteiger partial charge in [-0.15, -0.1) is 0 Å². The summed E-state index contributed by atoms with van der Waals surface area (Å²) in [5, 5.41) is 6.51. The first-order valence-corrected chi connectivity index (χ1v) is 11.8. The van der Waals surface area contributed by atoms with E-state index in [1.165, 1.54) is 32.1 Å². The average Bonchev–Trinajstić information content (AvgIpc) is 3.16. The zero-order chi connectivity index (χ0) is 20.6. The number of hydrogen-bond donors (Lipinski definition) is 2. The summed E-state index contributed by atoms with van der Waals surface area (Å²) in [6.07, 6.45) is 8.51. The van der Waals surface area contributed by atoms with Gasteiger partial charge in [0.25, 0.3) is 0 Å². The molecule has 1 saturated heterocycles. The first-order valence-electron chi connectivity index (χ1n) is 10.3. The van der Waals surface area contributed by atoms with Crippen molar-refractivity contribution in [3.63, 3.8) is 0 Å². The lowest BCUT2D eigenvalue weighted by molar-refractivity contribution is -0.0496. The molecule has 1 heterocycles. The van der Waals surface area contributed by atoms with Crippen molar-refractivity contribution in [2.75, 3.05) is 32.7 Å². The van der Waals surface area contributed by atoms with Crippen LogP contribution in [-0.4, -0.2) is 56.9 Å². The van der Waals surface area contributed by atoms with Gasteiger partial charge in [-0.25, -0.2) is 8.42 Å². The molecule has 0 spiro atoms. The van der Waals surface area contributed by atoms with E-state index in [0.29, 0.717) is 23.7 Å². The van der Waals surface area contributed by atoms with Crippen molar-refractivity contribution in [1.29, 1.82) is 0 Å². The minimum atomic E-state index is -5.22. The fourth-order valence-electron chi connectivity index (χ4n) is 3.94. The lowest BCUT2D eigenvalue weighted by atomic mass is 9.98. The van der Waals surface area contributed by atoms with Gasteiger partial charge < -0.3 is 10.6 Å². The van der Waals surface area contributed by atoms with E-state index in [-0.39, 0.29) is 19.0 Å². The van der Waals surface area contributed by atoms with Crippen molar-refractivity contribution in [2.45, 2.75) is 63.8 Å². The molecule has 28 heavy (non-hydrogen) atoms. The van der Waals surface area contributed by atoms with Crippen molar-refractivity contribution < 1.29 is 21.6 Å². The molecular weight excluding hydrogens is 393 g/mol. The van der Waals surface area contributed by atoms with Crippen LogP contribution in [0.1, 0.15) is 58.3 Å². The maximum Gasteiger partial charge on any atom is 0.511 e. The normalized spacial score (nSPS) is 21.2. The average molecular weight is 427 g/mol. The predicted molar refractivity (Wildman–Crippen MR) is 104 cm³/mol. The van der Waals surface area contributed by atoms with Crippen molar-refractivity contribution in [3.8, 4) is 0 Å². The molecule has 2 rings (SSSR count). The predicted octanol–water partition coefficient (Wildman–Crippen LogP) is 3.07. The molecule has 6 nitrogen and oxygen atoms in total. The van der Waals surface area contributed by atoms with Gasteiger partial charge in [0.2, 0.25) is 0 Å². The number of alkyl halides is 3. The van der Waals surface area contributed by atoms with Crippen molar-refractivity contribution in [2.24, 2.45) is 16.8 Å². The number of sulfonamides is 1. The Morgan fingerprint density at radius 3 is 2.29 bits per heavy atom. The highest BCUT2D eigenvalue weighted by Crippen LogP contribution is 2.30. The molecule has 1 aliphatic heterocycles. The Kier molecular flexibility index (Phi) is 8.85. The van der Waals surface area contributed by atoms with Gasteiger partial charge in [-0.2, -0.15) is 17.5 Å². The minimum absolute atomic E-state index is 0.0913. The van der Waals surface area contributed by atoms with Gasteiger partial charge in [-0.1, -0.05) is 25.7 Å². The van der Waals surface area contributed by atoms with Crippen LogP contribution in [0.5, 0.6) is 0 Å². The Bertz CT molecular complexity index is 596. The number of halogens is 3. The van der Waals surface area contributed by atoms with Gasteiger partial charge in [-0.05, 0) is 44.4 Å². The summed E-state index contributed by atoms with van der Waals surface area (Å²) in [5.41, 5.74) is -5.22. The van der Waals surface area contributed by atoms with E-state index in [4.69, 9.17) is 0 Å². The highest BCUT2D eigenvalue weighted by Gasteiger charge is 2.50. The molecule has 0 aromatic rings. The molecule has 10 heteroatoms. The summed E-state index contributed by atoms with van der Waals surface area (Å²) in [6.45, 7) is 3.84. The van der Waals surface area contributed by atoms with Gasteiger partial charge in [0, 0.05) is 32.7 Å². The number of guanidine groups is 1. The zero-order valence-corrected chi connectivity index (χ0v) is 17.4. The van der Waals surface area contributed by atoms with Crippen molar-refractivity contribution >= 4 is 16.0 Å². The maximum atomic E-state index is 12.6. The molecule has 0 aromatic carbocycles. The molecule has 1 saturated carbocycles. The third-order valence-electron chi connectivity index (χ3n) is 5.61. The fraction of sp³-hybridized carbons (Fsp3) is 0.944. The van der Waals surface area contributed by atoms with E-state index in [1.54, 1.807) is 0 Å². The topological polar surface area (TPSA) is 73.8 Å². The second-order valence-electron chi connectivity index (χ2n) is 7.73. The van der Waals surface area contributed by atoms with Crippen LogP contribution in [0.15, 0.2) is 4.99 Å². The molecule has 164 valence electrons. The van der Waals surface area contributed by atoms with Crippen molar-refractivity contribution in [1.82, 2.24) is 14.9 Å². The zero-order valence-electron chi connectivity index (χ0n) is 16.6. The number of nitrogens with zero attached hydrogens (tertiary/aromatic N) is 2. The van der Waals surface area contributed by atoms with Crippen LogP contribution < -0.4 is 10.6 Å². The Labute approximate surface area is 166 Å². The number of nitrogens with one attached hydrogen (secondary N) is 2. The van der Waals surface area contributed by atoms with Gasteiger partial charge in [0.05, 0.1) is 0 Å². The van der Waals surface area contributed by atoms with Crippen LogP contribution in [0.2, 0.25) is 0 Å². The summed E-state index contributed by atoms with van der Waals surface area (Å²) < 4.78 is 61.4. The Balaban J connectivity index is 1.73. The first-order chi connectivity index (χ1) is 13.2. The summed E-state index contributed by atoms with van der Waals surface area (Å²) >= 11 is 0. The van der Waals surface area contributed by atoms with E-state index in [9.17, 15) is 21.6 Å². The van der Waals surface area contributed by atoms with Gasteiger partial charge in [0.1, 0.15) is 0 Å².